The molecular weight excluding hydrogens is 658 g/mol. The lowest BCUT2D eigenvalue weighted by atomic mass is 9.83. The van der Waals surface area contributed by atoms with E-state index in [0.717, 1.165) is 56.1 Å². The first-order valence-electron chi connectivity index (χ1n) is 19.1. The summed E-state index contributed by atoms with van der Waals surface area (Å²) in [5.41, 5.74) is 2.00. The van der Waals surface area contributed by atoms with Crippen LogP contribution >= 0.6 is 0 Å². The number of nitrogens with one attached hydrogen (secondary N) is 4. The first-order valence-corrected chi connectivity index (χ1v) is 19.1. The Morgan fingerprint density at radius 1 is 0.827 bits per heavy atom. The van der Waals surface area contributed by atoms with Gasteiger partial charge in [0.2, 0.25) is 29.4 Å². The SMILES string of the molecule is CCCC(NC(=O)[C@@H]1C[C@@H](CCc2ccccc2)CN1C(=O)[C@@H](NC(=O)C(NC(C)=O)C1CCCCC1)C(C)C)C(=O)C(=O)NCc1ccccc1. The van der Waals surface area contributed by atoms with E-state index in [1.165, 1.54) is 6.92 Å². The van der Waals surface area contributed by atoms with Gasteiger partial charge in [-0.25, -0.2) is 0 Å². The molecule has 2 aromatic rings. The van der Waals surface area contributed by atoms with Crippen LogP contribution in [0.15, 0.2) is 60.7 Å². The molecule has 5 atom stereocenters. The monoisotopic (exact) mass is 715 g/mol. The molecule has 1 saturated heterocycles. The Labute approximate surface area is 308 Å². The summed E-state index contributed by atoms with van der Waals surface area (Å²) in [6, 6.07) is 15.6. The van der Waals surface area contributed by atoms with Crippen LogP contribution in [0.25, 0.3) is 0 Å². The zero-order chi connectivity index (χ0) is 37.6. The number of aryl methyl sites for hydroxylation is 1. The van der Waals surface area contributed by atoms with Crippen molar-refractivity contribution in [2.45, 2.75) is 123 Å². The van der Waals surface area contributed by atoms with Crippen molar-refractivity contribution < 1.29 is 28.8 Å². The summed E-state index contributed by atoms with van der Waals surface area (Å²) in [4.78, 5) is 82.3. The van der Waals surface area contributed by atoms with Gasteiger partial charge < -0.3 is 26.2 Å². The third-order valence-electron chi connectivity index (χ3n) is 10.4. The number of carbonyl (C=O) groups is 6. The van der Waals surface area contributed by atoms with E-state index in [0.29, 0.717) is 19.4 Å². The van der Waals surface area contributed by atoms with Gasteiger partial charge in [0.1, 0.15) is 18.1 Å². The molecule has 11 heteroatoms. The number of amides is 5. The average Bonchev–Trinajstić information content (AvgIpc) is 3.59. The summed E-state index contributed by atoms with van der Waals surface area (Å²) >= 11 is 0. The van der Waals surface area contributed by atoms with E-state index in [9.17, 15) is 28.8 Å². The van der Waals surface area contributed by atoms with Crippen LogP contribution in [0.4, 0.5) is 0 Å². The predicted octanol–water partition coefficient (Wildman–Crippen LogP) is 4.23. The highest BCUT2D eigenvalue weighted by Crippen LogP contribution is 2.30. The van der Waals surface area contributed by atoms with Gasteiger partial charge in [0.05, 0.1) is 6.04 Å². The van der Waals surface area contributed by atoms with Crippen LogP contribution in [0.5, 0.6) is 0 Å². The molecular formula is C41H57N5O6. The minimum Gasteiger partial charge on any atom is -0.345 e. The van der Waals surface area contributed by atoms with Crippen LogP contribution in [-0.2, 0) is 41.7 Å². The van der Waals surface area contributed by atoms with Gasteiger partial charge in [-0.3, -0.25) is 28.8 Å². The number of rotatable bonds is 17. The van der Waals surface area contributed by atoms with E-state index < -0.39 is 47.7 Å². The van der Waals surface area contributed by atoms with Gasteiger partial charge >= 0.3 is 0 Å². The van der Waals surface area contributed by atoms with Gasteiger partial charge in [0.25, 0.3) is 5.91 Å². The minimum absolute atomic E-state index is 0.00714. The summed E-state index contributed by atoms with van der Waals surface area (Å²) in [5.74, 6) is -3.43. The second-order valence-electron chi connectivity index (χ2n) is 14.8. The smallest absolute Gasteiger partial charge is 0.289 e. The minimum atomic E-state index is -1.05. The number of benzene rings is 2. The highest BCUT2D eigenvalue weighted by atomic mass is 16.2. The third kappa shape index (κ3) is 11.5. The molecule has 52 heavy (non-hydrogen) atoms. The highest BCUT2D eigenvalue weighted by molar-refractivity contribution is 6.38. The Morgan fingerprint density at radius 3 is 2.06 bits per heavy atom. The van der Waals surface area contributed by atoms with Crippen LogP contribution in [0, 0.1) is 17.8 Å². The Kier molecular flexibility index (Phi) is 15.4. The molecule has 0 aromatic heterocycles. The lowest BCUT2D eigenvalue weighted by molar-refractivity contribution is -0.144. The molecule has 2 aromatic carbocycles. The molecule has 0 spiro atoms. The molecule has 1 heterocycles. The Morgan fingerprint density at radius 2 is 1.46 bits per heavy atom. The fourth-order valence-electron chi connectivity index (χ4n) is 7.51. The van der Waals surface area contributed by atoms with Crippen molar-refractivity contribution in [1.29, 1.82) is 0 Å². The lowest BCUT2D eigenvalue weighted by Crippen LogP contribution is -2.60. The molecule has 11 nitrogen and oxygen atoms in total. The Hall–Kier alpha value is -4.54. The summed E-state index contributed by atoms with van der Waals surface area (Å²) in [6.45, 7) is 7.44. The summed E-state index contributed by atoms with van der Waals surface area (Å²) < 4.78 is 0. The molecule has 2 unspecified atom stereocenters. The fraction of sp³-hybridized carbons (Fsp3) is 0.561. The highest BCUT2D eigenvalue weighted by Gasteiger charge is 2.44. The van der Waals surface area contributed by atoms with Gasteiger partial charge in [0, 0.05) is 20.0 Å². The van der Waals surface area contributed by atoms with Gasteiger partial charge in [-0.05, 0) is 67.4 Å². The van der Waals surface area contributed by atoms with Gasteiger partial charge in [-0.1, -0.05) is 107 Å². The van der Waals surface area contributed by atoms with Crippen molar-refractivity contribution >= 4 is 35.3 Å². The molecule has 0 bridgehead atoms. The quantitative estimate of drug-likeness (QED) is 0.180. The van der Waals surface area contributed by atoms with Crippen LogP contribution < -0.4 is 21.3 Å². The first-order chi connectivity index (χ1) is 25.0. The lowest BCUT2D eigenvalue weighted by Gasteiger charge is -2.34. The first kappa shape index (κ1) is 40.2. The predicted molar refractivity (Wildman–Crippen MR) is 199 cm³/mol. The fourth-order valence-corrected chi connectivity index (χ4v) is 7.51. The number of hydrogen-bond donors (Lipinski definition) is 4. The molecule has 4 N–H and O–H groups in total. The number of carbonyl (C=O) groups excluding carboxylic acids is 6. The van der Waals surface area contributed by atoms with E-state index in [1.54, 1.807) is 4.90 Å². The normalized spacial score (nSPS) is 19.3. The summed E-state index contributed by atoms with van der Waals surface area (Å²) in [6.07, 6.45) is 7.38. The number of ketones is 1. The number of Topliss-reactive ketones (excluding diaryl/α,β-unsaturated/α-hetero) is 1. The molecule has 282 valence electrons. The number of nitrogens with zero attached hydrogens (tertiary/aromatic N) is 1. The van der Waals surface area contributed by atoms with E-state index in [-0.39, 0.29) is 42.5 Å². The van der Waals surface area contributed by atoms with Crippen LogP contribution in [0.2, 0.25) is 0 Å². The molecule has 1 aliphatic heterocycles. The van der Waals surface area contributed by atoms with E-state index in [4.69, 9.17) is 0 Å². The standard InChI is InChI=1S/C41H57N5O6/c1-5-15-33(37(48)40(51)42-25-30-18-11-7-12-19-30)44-38(49)34-24-31(23-22-29-16-9-6-10-17-29)26-46(34)41(52)35(27(2)3)45-39(50)36(43-28(4)47)32-20-13-8-14-21-32/h6-7,9-12,16-19,27,31-36H,5,8,13-15,20-26H2,1-4H3,(H,42,51)(H,43,47)(H,44,49)(H,45,50)/t31-,33?,34+,35+,36?/m1/s1. The Balaban J connectivity index is 1.52. The van der Waals surface area contributed by atoms with Crippen molar-refractivity contribution in [3.8, 4) is 0 Å². The van der Waals surface area contributed by atoms with Crippen molar-refractivity contribution in [3.63, 3.8) is 0 Å². The summed E-state index contributed by atoms with van der Waals surface area (Å²) in [7, 11) is 0. The zero-order valence-electron chi connectivity index (χ0n) is 31.2. The third-order valence-corrected chi connectivity index (χ3v) is 10.4. The largest absolute Gasteiger partial charge is 0.345 e. The average molecular weight is 716 g/mol. The maximum absolute atomic E-state index is 14.5. The zero-order valence-corrected chi connectivity index (χ0v) is 31.2. The van der Waals surface area contributed by atoms with Crippen molar-refractivity contribution in [2.24, 2.45) is 17.8 Å². The van der Waals surface area contributed by atoms with E-state index in [1.807, 2.05) is 81.4 Å². The van der Waals surface area contributed by atoms with Crippen molar-refractivity contribution in [3.05, 3.63) is 71.8 Å². The van der Waals surface area contributed by atoms with Crippen LogP contribution in [0.3, 0.4) is 0 Å². The maximum atomic E-state index is 14.5. The molecule has 2 aliphatic rings. The molecule has 1 aliphatic carbocycles. The Bertz CT molecular complexity index is 1510. The maximum Gasteiger partial charge on any atom is 0.289 e. The van der Waals surface area contributed by atoms with Crippen molar-refractivity contribution in [2.75, 3.05) is 6.54 Å². The van der Waals surface area contributed by atoms with Crippen molar-refractivity contribution in [1.82, 2.24) is 26.2 Å². The van der Waals surface area contributed by atoms with Crippen LogP contribution in [-0.4, -0.2) is 70.9 Å². The molecule has 1 saturated carbocycles. The molecule has 2 fully saturated rings. The summed E-state index contributed by atoms with van der Waals surface area (Å²) in [5, 5.41) is 11.3. The van der Waals surface area contributed by atoms with Crippen LogP contribution in [0.1, 0.15) is 96.6 Å². The van der Waals surface area contributed by atoms with Gasteiger partial charge in [0.15, 0.2) is 0 Å². The van der Waals surface area contributed by atoms with Gasteiger partial charge in [-0.2, -0.15) is 0 Å². The van der Waals surface area contributed by atoms with E-state index in [2.05, 4.69) is 21.3 Å². The molecule has 4 rings (SSSR count). The molecule has 5 amide bonds. The topological polar surface area (TPSA) is 154 Å². The van der Waals surface area contributed by atoms with E-state index >= 15 is 0 Å². The number of hydrogen-bond acceptors (Lipinski definition) is 6. The van der Waals surface area contributed by atoms with Gasteiger partial charge in [-0.15, -0.1) is 0 Å². The second kappa shape index (κ2) is 19.9. The molecule has 0 radical (unpaired) electrons. The second-order valence-corrected chi connectivity index (χ2v) is 14.8. The number of likely N-dealkylation sites (tertiary alicyclic amines) is 1.